The van der Waals surface area contributed by atoms with Gasteiger partial charge in [0.25, 0.3) is 0 Å². The third-order valence-corrected chi connectivity index (χ3v) is 5.86. The van der Waals surface area contributed by atoms with Crippen molar-refractivity contribution in [2.45, 2.75) is 90.4 Å². The molecule has 0 heterocycles. The Bertz CT molecular complexity index is 700. The molecule has 2 aromatic rings. The van der Waals surface area contributed by atoms with Gasteiger partial charge in [-0.25, -0.2) is 4.79 Å². The predicted octanol–water partition coefficient (Wildman–Crippen LogP) is 8.00. The second kappa shape index (κ2) is 13.2. The van der Waals surface area contributed by atoms with E-state index in [0.717, 1.165) is 6.42 Å². The lowest BCUT2D eigenvalue weighted by atomic mass is 9.86. The number of carboxylic acids is 1. The van der Waals surface area contributed by atoms with Gasteiger partial charge < -0.3 is 5.11 Å². The summed E-state index contributed by atoms with van der Waals surface area (Å²) in [5.74, 6) is -0.521. The van der Waals surface area contributed by atoms with Crippen molar-refractivity contribution in [3.05, 3.63) is 70.8 Å². The maximum Gasteiger partial charge on any atom is 0.335 e. The van der Waals surface area contributed by atoms with E-state index < -0.39 is 5.97 Å². The summed E-state index contributed by atoms with van der Waals surface area (Å²) in [7, 11) is 0. The van der Waals surface area contributed by atoms with Crippen molar-refractivity contribution in [2.24, 2.45) is 0 Å². The molecule has 2 nitrogen and oxygen atoms in total. The van der Waals surface area contributed by atoms with Crippen LogP contribution in [0.5, 0.6) is 0 Å². The lowest BCUT2D eigenvalue weighted by molar-refractivity contribution is 0.0697. The van der Waals surface area contributed by atoms with Gasteiger partial charge in [0, 0.05) is 5.92 Å². The number of carbonyl (C=O) groups is 1. The first-order valence-corrected chi connectivity index (χ1v) is 11.6. The molecule has 0 aliphatic heterocycles. The van der Waals surface area contributed by atoms with Crippen molar-refractivity contribution in [1.82, 2.24) is 0 Å². The molecule has 0 bridgehead atoms. The Morgan fingerprint density at radius 2 is 1.24 bits per heavy atom. The number of hydrogen-bond acceptors (Lipinski definition) is 1. The molecule has 158 valence electrons. The van der Waals surface area contributed by atoms with Gasteiger partial charge >= 0.3 is 5.97 Å². The average molecular weight is 395 g/mol. The van der Waals surface area contributed by atoms with Crippen LogP contribution in [0.15, 0.2) is 48.5 Å². The molecule has 0 spiro atoms. The van der Waals surface area contributed by atoms with E-state index in [9.17, 15) is 9.90 Å². The molecule has 2 aromatic carbocycles. The summed E-state index contributed by atoms with van der Waals surface area (Å²) < 4.78 is 0. The smallest absolute Gasteiger partial charge is 0.335 e. The minimum Gasteiger partial charge on any atom is -0.478 e. The molecule has 29 heavy (non-hydrogen) atoms. The van der Waals surface area contributed by atoms with Crippen molar-refractivity contribution in [2.75, 3.05) is 0 Å². The molecule has 0 saturated heterocycles. The minimum atomic E-state index is -0.862. The van der Waals surface area contributed by atoms with E-state index in [2.05, 4.69) is 38.1 Å². The summed E-state index contributed by atoms with van der Waals surface area (Å²) in [6, 6.07) is 16.6. The maximum atomic E-state index is 11.2. The van der Waals surface area contributed by atoms with Crippen LogP contribution in [0.3, 0.4) is 0 Å². The van der Waals surface area contributed by atoms with Crippen molar-refractivity contribution in [3.8, 4) is 0 Å². The van der Waals surface area contributed by atoms with Crippen LogP contribution in [0, 0.1) is 0 Å². The Morgan fingerprint density at radius 3 is 1.79 bits per heavy atom. The number of hydrogen-bond donors (Lipinski definition) is 1. The highest BCUT2D eigenvalue weighted by atomic mass is 16.4. The SMILES string of the molecule is CCCCCCCc1ccc(C(CCCCCC)c2ccc(C(=O)O)cc2)cc1. The fraction of sp³-hybridized carbons (Fsp3) is 0.519. The topological polar surface area (TPSA) is 37.3 Å². The number of unbranched alkanes of at least 4 members (excludes halogenated alkanes) is 7. The van der Waals surface area contributed by atoms with Crippen LogP contribution in [0.25, 0.3) is 0 Å². The highest BCUT2D eigenvalue weighted by molar-refractivity contribution is 5.87. The summed E-state index contributed by atoms with van der Waals surface area (Å²) in [5, 5.41) is 9.18. The van der Waals surface area contributed by atoms with E-state index in [4.69, 9.17) is 0 Å². The zero-order chi connectivity index (χ0) is 20.9. The Morgan fingerprint density at radius 1 is 0.724 bits per heavy atom. The van der Waals surface area contributed by atoms with Gasteiger partial charge in [0.05, 0.1) is 5.56 Å². The van der Waals surface area contributed by atoms with E-state index in [1.807, 2.05) is 12.1 Å². The van der Waals surface area contributed by atoms with Crippen LogP contribution >= 0.6 is 0 Å². The lowest BCUT2D eigenvalue weighted by Gasteiger charge is -2.19. The van der Waals surface area contributed by atoms with Crippen LogP contribution in [0.2, 0.25) is 0 Å². The van der Waals surface area contributed by atoms with Gasteiger partial charge in [-0.2, -0.15) is 0 Å². The summed E-state index contributed by atoms with van der Waals surface area (Å²) in [5.41, 5.74) is 4.35. The zero-order valence-corrected chi connectivity index (χ0v) is 18.3. The standard InChI is InChI=1S/C27H38O2/c1-3-5-7-9-10-12-22-14-16-23(17-15-22)26(13-11-8-6-4-2)24-18-20-25(21-19-24)27(28)29/h14-21,26H,3-13H2,1-2H3,(H,28,29). The molecule has 0 aliphatic rings. The molecule has 0 fully saturated rings. The highest BCUT2D eigenvalue weighted by Gasteiger charge is 2.15. The molecular weight excluding hydrogens is 356 g/mol. The lowest BCUT2D eigenvalue weighted by Crippen LogP contribution is -2.03. The third-order valence-electron chi connectivity index (χ3n) is 5.86. The number of aromatic carboxylic acids is 1. The quantitative estimate of drug-likeness (QED) is 0.330. The fourth-order valence-corrected chi connectivity index (χ4v) is 4.01. The zero-order valence-electron chi connectivity index (χ0n) is 18.3. The van der Waals surface area contributed by atoms with Gasteiger partial charge in [-0.15, -0.1) is 0 Å². The molecular formula is C27H38O2. The van der Waals surface area contributed by atoms with Crippen molar-refractivity contribution < 1.29 is 9.90 Å². The Kier molecular flexibility index (Phi) is 10.5. The summed E-state index contributed by atoms with van der Waals surface area (Å²) in [6.07, 6.45) is 13.9. The van der Waals surface area contributed by atoms with Crippen LogP contribution in [0.4, 0.5) is 0 Å². The van der Waals surface area contributed by atoms with Gasteiger partial charge in [-0.3, -0.25) is 0 Å². The van der Waals surface area contributed by atoms with Gasteiger partial charge in [0.2, 0.25) is 0 Å². The molecule has 0 amide bonds. The monoisotopic (exact) mass is 394 g/mol. The normalized spacial score (nSPS) is 12.1. The van der Waals surface area contributed by atoms with E-state index in [1.165, 1.54) is 80.9 Å². The molecule has 0 aromatic heterocycles. The first-order chi connectivity index (χ1) is 14.2. The first kappa shape index (κ1) is 23.2. The molecule has 0 aliphatic carbocycles. The molecule has 2 heteroatoms. The van der Waals surface area contributed by atoms with Gasteiger partial charge in [-0.1, -0.05) is 102 Å². The first-order valence-electron chi connectivity index (χ1n) is 11.6. The van der Waals surface area contributed by atoms with Crippen molar-refractivity contribution >= 4 is 5.97 Å². The molecule has 1 unspecified atom stereocenters. The Labute approximate surface area is 177 Å². The predicted molar refractivity (Wildman–Crippen MR) is 123 cm³/mol. The maximum absolute atomic E-state index is 11.2. The molecule has 1 N–H and O–H groups in total. The molecule has 1 atom stereocenters. The van der Waals surface area contributed by atoms with Crippen molar-refractivity contribution in [3.63, 3.8) is 0 Å². The Hall–Kier alpha value is -2.09. The van der Waals surface area contributed by atoms with Gasteiger partial charge in [0.15, 0.2) is 0 Å². The van der Waals surface area contributed by atoms with Crippen molar-refractivity contribution in [1.29, 1.82) is 0 Å². The van der Waals surface area contributed by atoms with E-state index >= 15 is 0 Å². The number of benzene rings is 2. The number of rotatable bonds is 14. The third kappa shape index (κ3) is 8.04. The van der Waals surface area contributed by atoms with Crippen LogP contribution in [-0.2, 0) is 6.42 Å². The summed E-state index contributed by atoms with van der Waals surface area (Å²) >= 11 is 0. The average Bonchev–Trinajstić information content (AvgIpc) is 2.74. The second-order valence-electron chi connectivity index (χ2n) is 8.23. The van der Waals surface area contributed by atoms with Crippen LogP contribution in [-0.4, -0.2) is 11.1 Å². The summed E-state index contributed by atoms with van der Waals surface area (Å²) in [4.78, 5) is 11.2. The van der Waals surface area contributed by atoms with Gasteiger partial charge in [0.1, 0.15) is 0 Å². The molecule has 2 rings (SSSR count). The van der Waals surface area contributed by atoms with E-state index in [0.29, 0.717) is 11.5 Å². The van der Waals surface area contributed by atoms with Crippen LogP contribution < -0.4 is 0 Å². The minimum absolute atomic E-state index is 0.341. The van der Waals surface area contributed by atoms with Gasteiger partial charge in [-0.05, 0) is 48.1 Å². The van der Waals surface area contributed by atoms with Crippen LogP contribution in [0.1, 0.15) is 111 Å². The second-order valence-corrected chi connectivity index (χ2v) is 8.23. The number of carboxylic acid groups (broad SMARTS) is 1. The highest BCUT2D eigenvalue weighted by Crippen LogP contribution is 2.31. The van der Waals surface area contributed by atoms with E-state index in [1.54, 1.807) is 12.1 Å². The largest absolute Gasteiger partial charge is 0.478 e. The summed E-state index contributed by atoms with van der Waals surface area (Å²) in [6.45, 7) is 4.50. The Balaban J connectivity index is 2.05. The van der Waals surface area contributed by atoms with E-state index in [-0.39, 0.29) is 0 Å². The molecule has 0 saturated carbocycles. The molecule has 0 radical (unpaired) electrons. The number of aryl methyl sites for hydroxylation is 1. The fourth-order valence-electron chi connectivity index (χ4n) is 4.01.